The molecule has 0 radical (unpaired) electrons. The lowest BCUT2D eigenvalue weighted by Crippen LogP contribution is -2.47. The Kier molecular flexibility index (Phi) is 5.67. The number of benzene rings is 1. The highest BCUT2D eigenvalue weighted by Crippen LogP contribution is 2.25. The molecule has 0 saturated carbocycles. The number of hydrogen-bond donors (Lipinski definition) is 0. The fourth-order valence-electron chi connectivity index (χ4n) is 3.80. The molecule has 2 aliphatic rings. The zero-order valence-corrected chi connectivity index (χ0v) is 15.4. The van der Waals surface area contributed by atoms with Crippen LogP contribution in [0.5, 0.6) is 5.75 Å². The van der Waals surface area contributed by atoms with Crippen molar-refractivity contribution in [1.82, 2.24) is 9.80 Å². The minimum Gasteiger partial charge on any atom is -0.481 e. The van der Waals surface area contributed by atoms with E-state index < -0.39 is 6.10 Å². The third-order valence-corrected chi connectivity index (χ3v) is 5.35. The molecule has 5 heteroatoms. The number of carbonyl (C=O) groups excluding carboxylic acids is 1. The van der Waals surface area contributed by atoms with E-state index in [-0.39, 0.29) is 5.91 Å². The van der Waals surface area contributed by atoms with Crippen LogP contribution in [0.2, 0.25) is 5.02 Å². The van der Waals surface area contributed by atoms with Gasteiger partial charge in [-0.1, -0.05) is 11.6 Å². The zero-order valence-electron chi connectivity index (χ0n) is 14.6. The van der Waals surface area contributed by atoms with Crippen LogP contribution < -0.4 is 4.74 Å². The van der Waals surface area contributed by atoms with Crippen LogP contribution in [0.1, 0.15) is 38.2 Å². The Bertz CT molecular complexity index is 587. The highest BCUT2D eigenvalue weighted by atomic mass is 35.5. The molecule has 2 aliphatic heterocycles. The molecule has 0 spiro atoms. The second-order valence-corrected chi connectivity index (χ2v) is 7.44. The monoisotopic (exact) mass is 350 g/mol. The molecule has 2 unspecified atom stereocenters. The van der Waals surface area contributed by atoms with Gasteiger partial charge in [-0.25, -0.2) is 0 Å². The highest BCUT2D eigenvalue weighted by molar-refractivity contribution is 6.30. The van der Waals surface area contributed by atoms with Crippen molar-refractivity contribution in [3.8, 4) is 5.75 Å². The first-order valence-corrected chi connectivity index (χ1v) is 9.38. The summed E-state index contributed by atoms with van der Waals surface area (Å²) in [7, 11) is 0. The molecule has 0 bridgehead atoms. The third-order valence-electron chi connectivity index (χ3n) is 5.12. The molecule has 132 valence electrons. The number of ether oxygens (including phenoxy) is 1. The molecule has 3 rings (SSSR count). The van der Waals surface area contributed by atoms with Gasteiger partial charge in [-0.15, -0.1) is 0 Å². The number of hydrogen-bond acceptors (Lipinski definition) is 3. The average molecular weight is 351 g/mol. The molecule has 2 saturated heterocycles. The van der Waals surface area contributed by atoms with Crippen LogP contribution in [-0.4, -0.2) is 54.0 Å². The summed E-state index contributed by atoms with van der Waals surface area (Å²) in [6, 6.07) is 5.84. The van der Waals surface area contributed by atoms with Crippen molar-refractivity contribution >= 4 is 17.5 Å². The molecule has 0 N–H and O–H groups in total. The van der Waals surface area contributed by atoms with Gasteiger partial charge >= 0.3 is 0 Å². The van der Waals surface area contributed by atoms with Gasteiger partial charge in [0, 0.05) is 24.2 Å². The van der Waals surface area contributed by atoms with Crippen LogP contribution in [-0.2, 0) is 4.79 Å². The number of rotatable bonds is 5. The zero-order chi connectivity index (χ0) is 17.1. The van der Waals surface area contributed by atoms with Crippen molar-refractivity contribution < 1.29 is 9.53 Å². The van der Waals surface area contributed by atoms with E-state index in [1.165, 1.54) is 25.9 Å². The maximum absolute atomic E-state index is 12.9. The molecule has 24 heavy (non-hydrogen) atoms. The molecule has 1 aromatic rings. The van der Waals surface area contributed by atoms with E-state index in [1.54, 1.807) is 6.07 Å². The number of aryl methyl sites for hydroxylation is 1. The predicted molar refractivity (Wildman–Crippen MR) is 96.7 cm³/mol. The van der Waals surface area contributed by atoms with E-state index in [0.717, 1.165) is 37.2 Å². The van der Waals surface area contributed by atoms with E-state index in [1.807, 2.05) is 30.9 Å². The molecule has 1 aromatic carbocycles. The summed E-state index contributed by atoms with van der Waals surface area (Å²) in [5.41, 5.74) is 0.956. The second-order valence-electron chi connectivity index (χ2n) is 7.01. The van der Waals surface area contributed by atoms with Crippen molar-refractivity contribution in [1.29, 1.82) is 0 Å². The van der Waals surface area contributed by atoms with Gasteiger partial charge in [0.25, 0.3) is 5.91 Å². The van der Waals surface area contributed by atoms with Crippen molar-refractivity contribution in [3.63, 3.8) is 0 Å². The van der Waals surface area contributed by atoms with Gasteiger partial charge < -0.3 is 14.5 Å². The summed E-state index contributed by atoms with van der Waals surface area (Å²) >= 11 is 5.98. The normalized spacial score (nSPS) is 22.8. The molecule has 2 atom stereocenters. The lowest BCUT2D eigenvalue weighted by Gasteiger charge is -2.30. The van der Waals surface area contributed by atoms with Gasteiger partial charge in [0.15, 0.2) is 6.10 Å². The maximum atomic E-state index is 12.9. The second kappa shape index (κ2) is 7.75. The molecule has 2 fully saturated rings. The molecular weight excluding hydrogens is 324 g/mol. The van der Waals surface area contributed by atoms with E-state index in [9.17, 15) is 4.79 Å². The Balaban J connectivity index is 1.61. The maximum Gasteiger partial charge on any atom is 0.263 e. The van der Waals surface area contributed by atoms with Gasteiger partial charge in [0.1, 0.15) is 5.75 Å². The SMILES string of the molecule is Cc1cc(Cl)ccc1OC(C)C(=O)N1CCCC1CN1CCCC1. The summed E-state index contributed by atoms with van der Waals surface area (Å²) < 4.78 is 5.93. The molecule has 1 amide bonds. The molecule has 4 nitrogen and oxygen atoms in total. The fourth-order valence-corrected chi connectivity index (χ4v) is 4.02. The lowest BCUT2D eigenvalue weighted by molar-refractivity contribution is -0.139. The Hall–Kier alpha value is -1.26. The van der Waals surface area contributed by atoms with Gasteiger partial charge in [-0.3, -0.25) is 4.79 Å². The van der Waals surface area contributed by atoms with Gasteiger partial charge in [-0.2, -0.15) is 0 Å². The predicted octanol–water partition coefficient (Wildman–Crippen LogP) is 3.50. The van der Waals surface area contributed by atoms with Crippen molar-refractivity contribution in [2.45, 2.75) is 51.7 Å². The molecule has 2 heterocycles. The molecule has 0 aliphatic carbocycles. The van der Waals surface area contributed by atoms with Crippen LogP contribution in [0.3, 0.4) is 0 Å². The van der Waals surface area contributed by atoms with Gasteiger partial charge in [0.05, 0.1) is 0 Å². The minimum absolute atomic E-state index is 0.103. The first kappa shape index (κ1) is 17.6. The third kappa shape index (κ3) is 4.04. The quantitative estimate of drug-likeness (QED) is 0.814. The highest BCUT2D eigenvalue weighted by Gasteiger charge is 2.33. The van der Waals surface area contributed by atoms with Crippen molar-refractivity contribution in [3.05, 3.63) is 28.8 Å². The smallest absolute Gasteiger partial charge is 0.263 e. The summed E-state index contributed by atoms with van der Waals surface area (Å²) in [5.74, 6) is 0.835. The topological polar surface area (TPSA) is 32.8 Å². The largest absolute Gasteiger partial charge is 0.481 e. The van der Waals surface area contributed by atoms with Crippen molar-refractivity contribution in [2.24, 2.45) is 0 Å². The lowest BCUT2D eigenvalue weighted by atomic mass is 10.2. The van der Waals surface area contributed by atoms with Gasteiger partial charge in [-0.05, 0) is 76.4 Å². The Morgan fingerprint density at radius 2 is 2.04 bits per heavy atom. The fraction of sp³-hybridized carbons (Fsp3) is 0.632. The average Bonchev–Trinajstić information content (AvgIpc) is 3.21. The number of likely N-dealkylation sites (tertiary alicyclic amines) is 2. The molecule has 0 aromatic heterocycles. The Morgan fingerprint density at radius 1 is 1.29 bits per heavy atom. The van der Waals surface area contributed by atoms with E-state index in [4.69, 9.17) is 16.3 Å². The van der Waals surface area contributed by atoms with Crippen LogP contribution in [0.4, 0.5) is 0 Å². The molecular formula is C19H27ClN2O2. The number of carbonyl (C=O) groups is 1. The standard InChI is InChI=1S/C19H27ClN2O2/c1-14-12-16(20)7-8-18(14)24-15(2)19(23)22-11-5-6-17(22)13-21-9-3-4-10-21/h7-8,12,15,17H,3-6,9-11,13H2,1-2H3. The summed E-state index contributed by atoms with van der Waals surface area (Å²) in [6.45, 7) is 8.01. The van der Waals surface area contributed by atoms with Crippen LogP contribution in [0.25, 0.3) is 0 Å². The van der Waals surface area contributed by atoms with Crippen molar-refractivity contribution in [2.75, 3.05) is 26.2 Å². The van der Waals surface area contributed by atoms with Crippen LogP contribution >= 0.6 is 11.6 Å². The Morgan fingerprint density at radius 3 is 2.75 bits per heavy atom. The Labute approximate surface area is 149 Å². The van der Waals surface area contributed by atoms with Crippen LogP contribution in [0, 0.1) is 6.92 Å². The number of nitrogens with zero attached hydrogens (tertiary/aromatic N) is 2. The summed E-state index contributed by atoms with van der Waals surface area (Å²) in [6.07, 6.45) is 4.31. The number of amides is 1. The van der Waals surface area contributed by atoms with E-state index in [0.29, 0.717) is 11.1 Å². The van der Waals surface area contributed by atoms with Gasteiger partial charge in [0.2, 0.25) is 0 Å². The first-order chi connectivity index (χ1) is 11.5. The minimum atomic E-state index is -0.468. The van der Waals surface area contributed by atoms with Crippen LogP contribution in [0.15, 0.2) is 18.2 Å². The summed E-state index contributed by atoms with van der Waals surface area (Å²) in [5, 5.41) is 0.684. The number of halogens is 1. The van der Waals surface area contributed by atoms with E-state index in [2.05, 4.69) is 4.90 Å². The summed E-state index contributed by atoms with van der Waals surface area (Å²) in [4.78, 5) is 17.4. The first-order valence-electron chi connectivity index (χ1n) is 9.00. The van der Waals surface area contributed by atoms with E-state index >= 15 is 0 Å².